The van der Waals surface area contributed by atoms with Crippen molar-refractivity contribution in [3.8, 4) is 6.07 Å². The highest BCUT2D eigenvalue weighted by atomic mass is 16.2. The molecule has 26 heavy (non-hydrogen) atoms. The van der Waals surface area contributed by atoms with E-state index in [9.17, 15) is 9.59 Å². The number of carbonyl (C=O) groups excluding carboxylic acids is 1. The number of benzene rings is 1. The Kier molecular flexibility index (Phi) is 4.18. The third-order valence-electron chi connectivity index (χ3n) is 4.97. The van der Waals surface area contributed by atoms with Crippen LogP contribution < -0.4 is 10.9 Å². The van der Waals surface area contributed by atoms with Crippen LogP contribution in [-0.4, -0.2) is 16.9 Å². The van der Waals surface area contributed by atoms with E-state index < -0.39 is 0 Å². The first-order valence-electron chi connectivity index (χ1n) is 8.89. The van der Waals surface area contributed by atoms with Gasteiger partial charge in [0.15, 0.2) is 0 Å². The van der Waals surface area contributed by atoms with Crippen molar-refractivity contribution >= 4 is 11.5 Å². The number of nitrogens with zero attached hydrogens (tertiary/aromatic N) is 1. The van der Waals surface area contributed by atoms with E-state index in [2.05, 4.69) is 16.4 Å². The summed E-state index contributed by atoms with van der Waals surface area (Å²) in [4.78, 5) is 27.0. The number of nitriles is 1. The van der Waals surface area contributed by atoms with Gasteiger partial charge in [-0.25, -0.2) is 0 Å². The number of hydrogen-bond donors (Lipinski definition) is 2. The smallest absolute Gasteiger partial charge is 0.251 e. The molecule has 2 aromatic rings. The summed E-state index contributed by atoms with van der Waals surface area (Å²) >= 11 is 0. The monoisotopic (exact) mass is 345 g/mol. The highest BCUT2D eigenvalue weighted by Crippen LogP contribution is 2.38. The Morgan fingerprint density at radius 3 is 2.42 bits per heavy atom. The third kappa shape index (κ3) is 3.31. The first-order chi connectivity index (χ1) is 12.6. The van der Waals surface area contributed by atoms with E-state index >= 15 is 0 Å². The largest absolute Gasteiger partial charge is 0.350 e. The lowest BCUT2D eigenvalue weighted by atomic mass is 9.97. The van der Waals surface area contributed by atoms with E-state index in [1.807, 2.05) is 30.3 Å². The van der Waals surface area contributed by atoms with Crippen LogP contribution >= 0.6 is 0 Å². The van der Waals surface area contributed by atoms with Crippen LogP contribution in [-0.2, 0) is 4.79 Å². The second-order valence-electron chi connectivity index (χ2n) is 6.91. The maximum absolute atomic E-state index is 12.5. The Bertz CT molecular complexity index is 976. The van der Waals surface area contributed by atoms with Crippen molar-refractivity contribution in [1.82, 2.24) is 10.3 Å². The number of pyridine rings is 1. The highest BCUT2D eigenvalue weighted by Gasteiger charge is 2.26. The van der Waals surface area contributed by atoms with Crippen molar-refractivity contribution in [3.63, 3.8) is 0 Å². The Labute approximate surface area is 151 Å². The molecule has 1 atom stereocenters. The van der Waals surface area contributed by atoms with Crippen LogP contribution in [0.25, 0.3) is 5.57 Å². The molecular formula is C21H19N3O2. The van der Waals surface area contributed by atoms with Crippen LogP contribution in [0.2, 0.25) is 0 Å². The maximum Gasteiger partial charge on any atom is 0.251 e. The summed E-state index contributed by atoms with van der Waals surface area (Å²) in [5.41, 5.74) is 3.88. The second kappa shape index (κ2) is 6.64. The molecule has 1 aromatic carbocycles. The van der Waals surface area contributed by atoms with Gasteiger partial charge in [-0.3, -0.25) is 9.59 Å². The lowest BCUT2D eigenvalue weighted by molar-refractivity contribution is -0.119. The van der Waals surface area contributed by atoms with Crippen molar-refractivity contribution in [2.24, 2.45) is 0 Å². The quantitative estimate of drug-likeness (QED) is 0.893. The first-order valence-corrected chi connectivity index (χ1v) is 8.89. The van der Waals surface area contributed by atoms with Crippen LogP contribution in [0.15, 0.2) is 47.3 Å². The fraction of sp³-hybridized carbons (Fsp3) is 0.286. The minimum atomic E-state index is -0.0558. The van der Waals surface area contributed by atoms with Crippen molar-refractivity contribution in [2.75, 3.05) is 0 Å². The van der Waals surface area contributed by atoms with Gasteiger partial charge in [0.2, 0.25) is 5.91 Å². The minimum Gasteiger partial charge on any atom is -0.350 e. The number of aromatic amines is 1. The molecule has 1 saturated heterocycles. The molecule has 4 rings (SSSR count). The van der Waals surface area contributed by atoms with Gasteiger partial charge < -0.3 is 10.3 Å². The molecule has 2 aliphatic rings. The Hall–Kier alpha value is -3.13. The molecule has 130 valence electrons. The van der Waals surface area contributed by atoms with Crippen LogP contribution in [0.5, 0.6) is 0 Å². The van der Waals surface area contributed by atoms with Crippen molar-refractivity contribution in [1.29, 1.82) is 5.26 Å². The molecule has 2 fully saturated rings. The summed E-state index contributed by atoms with van der Waals surface area (Å²) in [5, 5.41) is 11.9. The molecule has 5 heteroatoms. The minimum absolute atomic E-state index is 0.0417. The number of rotatable bonds is 4. The normalized spacial score (nSPS) is 19.9. The summed E-state index contributed by atoms with van der Waals surface area (Å²) in [5.74, 6) is 0.437. The van der Waals surface area contributed by atoms with Crippen LogP contribution in [0.3, 0.4) is 0 Å². The molecule has 5 nitrogen and oxygen atoms in total. The Balaban J connectivity index is 1.75. The Morgan fingerprint density at radius 2 is 1.85 bits per heavy atom. The lowest BCUT2D eigenvalue weighted by Gasteiger charge is -2.13. The zero-order chi connectivity index (χ0) is 18.1. The molecule has 0 spiro atoms. The van der Waals surface area contributed by atoms with Gasteiger partial charge in [0, 0.05) is 29.3 Å². The van der Waals surface area contributed by atoms with E-state index in [-0.39, 0.29) is 17.5 Å². The fourth-order valence-electron chi connectivity index (χ4n) is 3.39. The average Bonchev–Trinajstić information content (AvgIpc) is 3.41. The number of amides is 1. The SMILES string of the molecule is N#Cc1ccc(C(=C[C@H]2CCC(=O)N2)c2ccc(C3CC3)c(=O)[nH]2)cc1. The lowest BCUT2D eigenvalue weighted by Crippen LogP contribution is -2.23. The van der Waals surface area contributed by atoms with Gasteiger partial charge in [0.25, 0.3) is 5.56 Å². The average molecular weight is 345 g/mol. The molecule has 1 aliphatic carbocycles. The van der Waals surface area contributed by atoms with Gasteiger partial charge in [-0.05, 0) is 48.9 Å². The van der Waals surface area contributed by atoms with Crippen LogP contribution in [0.4, 0.5) is 0 Å². The number of nitrogens with one attached hydrogen (secondary N) is 2. The van der Waals surface area contributed by atoms with Gasteiger partial charge in [0.1, 0.15) is 0 Å². The maximum atomic E-state index is 12.5. The van der Waals surface area contributed by atoms with E-state index in [0.29, 0.717) is 17.9 Å². The van der Waals surface area contributed by atoms with Crippen molar-refractivity contribution < 1.29 is 4.79 Å². The predicted molar refractivity (Wildman–Crippen MR) is 98.4 cm³/mol. The number of hydrogen-bond acceptors (Lipinski definition) is 3. The summed E-state index contributed by atoms with van der Waals surface area (Å²) in [7, 11) is 0. The zero-order valence-electron chi connectivity index (χ0n) is 14.3. The molecule has 1 amide bonds. The van der Waals surface area contributed by atoms with E-state index in [4.69, 9.17) is 5.26 Å². The molecule has 0 radical (unpaired) electrons. The number of H-pyrrole nitrogens is 1. The molecule has 1 saturated carbocycles. The topological polar surface area (TPSA) is 85.8 Å². The van der Waals surface area contributed by atoms with E-state index in [1.54, 1.807) is 12.1 Å². The third-order valence-corrected chi connectivity index (χ3v) is 4.97. The number of aromatic nitrogens is 1. The molecular weight excluding hydrogens is 326 g/mol. The van der Waals surface area contributed by atoms with Crippen LogP contribution in [0.1, 0.15) is 54.0 Å². The molecule has 2 heterocycles. The predicted octanol–water partition coefficient (Wildman–Crippen LogP) is 2.83. The summed E-state index contributed by atoms with van der Waals surface area (Å²) < 4.78 is 0. The van der Waals surface area contributed by atoms with Gasteiger partial charge in [-0.15, -0.1) is 0 Å². The molecule has 0 unspecified atom stereocenters. The Morgan fingerprint density at radius 1 is 1.08 bits per heavy atom. The highest BCUT2D eigenvalue weighted by molar-refractivity contribution is 5.82. The summed E-state index contributed by atoms with van der Waals surface area (Å²) in [6, 6.07) is 13.2. The fourth-order valence-corrected chi connectivity index (χ4v) is 3.39. The zero-order valence-corrected chi connectivity index (χ0v) is 14.3. The molecule has 0 bridgehead atoms. The molecule has 1 aromatic heterocycles. The van der Waals surface area contributed by atoms with Gasteiger partial charge >= 0.3 is 0 Å². The number of carbonyl (C=O) groups is 1. The van der Waals surface area contributed by atoms with E-state index in [1.165, 1.54) is 0 Å². The summed E-state index contributed by atoms with van der Waals surface area (Å²) in [6.07, 6.45) is 5.40. The van der Waals surface area contributed by atoms with E-state index in [0.717, 1.165) is 41.7 Å². The second-order valence-corrected chi connectivity index (χ2v) is 6.91. The molecule has 1 aliphatic heterocycles. The van der Waals surface area contributed by atoms with Crippen molar-refractivity contribution in [3.05, 3.63) is 75.2 Å². The standard InChI is InChI=1S/C21H19N3O2/c22-12-13-1-3-15(4-2-13)18(11-16-7-10-20(25)23-16)19-9-8-17(14-5-6-14)21(26)24-19/h1-4,8-9,11,14,16H,5-7,10H2,(H,23,25)(H,24,26)/t16-/m1/s1. The van der Waals surface area contributed by atoms with Gasteiger partial charge in [-0.1, -0.05) is 24.3 Å². The molecule has 2 N–H and O–H groups in total. The summed E-state index contributed by atoms with van der Waals surface area (Å²) in [6.45, 7) is 0. The van der Waals surface area contributed by atoms with Crippen molar-refractivity contribution in [2.45, 2.75) is 37.6 Å². The van der Waals surface area contributed by atoms with Crippen LogP contribution in [0, 0.1) is 11.3 Å². The van der Waals surface area contributed by atoms with Gasteiger partial charge in [-0.2, -0.15) is 5.26 Å². The van der Waals surface area contributed by atoms with Gasteiger partial charge in [0.05, 0.1) is 11.6 Å². The first kappa shape index (κ1) is 16.3.